The van der Waals surface area contributed by atoms with Crippen LogP contribution in [0.1, 0.15) is 126 Å². The van der Waals surface area contributed by atoms with Gasteiger partial charge in [0.2, 0.25) is 0 Å². The van der Waals surface area contributed by atoms with Crippen molar-refractivity contribution in [2.24, 2.45) is 50.7 Å². The van der Waals surface area contributed by atoms with Crippen LogP contribution in [0.3, 0.4) is 0 Å². The fraction of sp³-hybridized carbons (Fsp3) is 0.933. The fourth-order valence-corrected chi connectivity index (χ4v) is 11.0. The molecule has 5 saturated carbocycles. The van der Waals surface area contributed by atoms with Gasteiger partial charge in [0.1, 0.15) is 0 Å². The molecule has 0 aromatic rings. The number of hydrogen-bond acceptors (Lipinski definition) is 0. The number of hydrogen-bond donors (Lipinski definition) is 0. The molecule has 0 aromatic heterocycles. The molecule has 8 atom stereocenters. The first kappa shape index (κ1) is 22.9. The van der Waals surface area contributed by atoms with Crippen LogP contribution in [0.25, 0.3) is 0 Å². The van der Waals surface area contributed by atoms with E-state index in [9.17, 15) is 0 Å². The standard InChI is InChI=1S/C27H46.C3H6/c1-23(2)13-8-15-25(4)21(23)12-16-27(6)22(25)11-10-20-19-9-7-14-24(19,3)17-18-26(20,27)5;1-3-2/h19-22H,7-18H2,1-6H3;3H,1H2,2H3/t19?,20?,21?,22?,24?,25?,26-,27?;/m1./s1. The average molecular weight is 413 g/mol. The molecule has 0 N–H and O–H groups in total. The van der Waals surface area contributed by atoms with Crippen molar-refractivity contribution in [2.45, 2.75) is 126 Å². The minimum Gasteiger partial charge on any atom is -0.103 e. The molecule has 0 heterocycles. The third kappa shape index (κ3) is 2.97. The predicted octanol–water partition coefficient (Wildman–Crippen LogP) is 9.44. The van der Waals surface area contributed by atoms with Crippen molar-refractivity contribution in [1.82, 2.24) is 0 Å². The van der Waals surface area contributed by atoms with Crippen LogP contribution >= 0.6 is 0 Å². The Morgan fingerprint density at radius 3 is 2.03 bits per heavy atom. The lowest BCUT2D eigenvalue weighted by molar-refractivity contribution is -0.232. The third-order valence-corrected chi connectivity index (χ3v) is 12.5. The predicted molar refractivity (Wildman–Crippen MR) is 131 cm³/mol. The first-order valence-corrected chi connectivity index (χ1v) is 13.6. The van der Waals surface area contributed by atoms with E-state index in [1.165, 1.54) is 57.8 Å². The molecule has 7 unspecified atom stereocenters. The van der Waals surface area contributed by atoms with E-state index >= 15 is 0 Å². The van der Waals surface area contributed by atoms with Crippen molar-refractivity contribution >= 4 is 0 Å². The van der Waals surface area contributed by atoms with Crippen molar-refractivity contribution in [1.29, 1.82) is 0 Å². The number of allylic oxidation sites excluding steroid dienone is 1. The Labute approximate surface area is 189 Å². The number of fused-ring (bicyclic) bond motifs is 7. The van der Waals surface area contributed by atoms with Gasteiger partial charge < -0.3 is 0 Å². The highest BCUT2D eigenvalue weighted by atomic mass is 14.7. The first-order chi connectivity index (χ1) is 14.0. The van der Waals surface area contributed by atoms with Crippen molar-refractivity contribution in [3.63, 3.8) is 0 Å². The summed E-state index contributed by atoms with van der Waals surface area (Å²) in [5, 5.41) is 0. The van der Waals surface area contributed by atoms with Crippen molar-refractivity contribution < 1.29 is 0 Å². The van der Waals surface area contributed by atoms with Crippen molar-refractivity contribution in [2.75, 3.05) is 0 Å². The minimum absolute atomic E-state index is 0.572. The highest BCUT2D eigenvalue weighted by Gasteiger charge is 2.68. The van der Waals surface area contributed by atoms with Crippen LogP contribution in [0.15, 0.2) is 12.7 Å². The lowest BCUT2D eigenvalue weighted by atomic mass is 9.33. The van der Waals surface area contributed by atoms with Crippen LogP contribution in [0.5, 0.6) is 0 Å². The van der Waals surface area contributed by atoms with Gasteiger partial charge in [0, 0.05) is 0 Å². The third-order valence-electron chi connectivity index (χ3n) is 12.5. The molecular weight excluding hydrogens is 360 g/mol. The average Bonchev–Trinajstić information content (AvgIpc) is 3.04. The number of rotatable bonds is 0. The van der Waals surface area contributed by atoms with Crippen molar-refractivity contribution in [3.8, 4) is 0 Å². The molecule has 5 fully saturated rings. The molecule has 0 aromatic carbocycles. The van der Waals surface area contributed by atoms with E-state index in [4.69, 9.17) is 0 Å². The summed E-state index contributed by atoms with van der Waals surface area (Å²) in [5.74, 6) is 4.02. The second-order valence-corrected chi connectivity index (χ2v) is 14.1. The highest BCUT2D eigenvalue weighted by molar-refractivity contribution is 5.17. The Bertz CT molecular complexity index is 659. The molecule has 30 heavy (non-hydrogen) atoms. The second kappa shape index (κ2) is 7.38. The Kier molecular flexibility index (Phi) is 5.64. The molecule has 0 radical (unpaired) electrons. The molecule has 0 heteroatoms. The summed E-state index contributed by atoms with van der Waals surface area (Å²) < 4.78 is 0. The van der Waals surface area contributed by atoms with Gasteiger partial charge in [0.15, 0.2) is 0 Å². The largest absolute Gasteiger partial charge is 0.103 e. The molecule has 0 amide bonds. The Morgan fingerprint density at radius 2 is 1.33 bits per heavy atom. The minimum atomic E-state index is 0.572. The zero-order valence-electron chi connectivity index (χ0n) is 21.6. The van der Waals surface area contributed by atoms with Crippen LogP contribution in [0.2, 0.25) is 0 Å². The van der Waals surface area contributed by atoms with E-state index in [1.807, 2.05) is 6.92 Å². The Hall–Kier alpha value is -0.260. The van der Waals surface area contributed by atoms with Gasteiger partial charge in [0.25, 0.3) is 0 Å². The summed E-state index contributed by atoms with van der Waals surface area (Å²) in [6.45, 7) is 21.5. The monoisotopic (exact) mass is 412 g/mol. The zero-order chi connectivity index (χ0) is 22.0. The molecule has 5 aliphatic carbocycles. The molecule has 0 bridgehead atoms. The van der Waals surface area contributed by atoms with Gasteiger partial charge in [-0.15, -0.1) is 6.58 Å². The summed E-state index contributed by atoms with van der Waals surface area (Å²) in [7, 11) is 0. The van der Waals surface area contributed by atoms with Gasteiger partial charge in [-0.2, -0.15) is 0 Å². The lowest BCUT2D eigenvalue weighted by Crippen LogP contribution is -2.64. The topological polar surface area (TPSA) is 0 Å². The van der Waals surface area contributed by atoms with Gasteiger partial charge in [-0.3, -0.25) is 0 Å². The van der Waals surface area contributed by atoms with E-state index in [-0.39, 0.29) is 0 Å². The van der Waals surface area contributed by atoms with E-state index in [2.05, 4.69) is 48.1 Å². The van der Waals surface area contributed by atoms with Gasteiger partial charge in [-0.1, -0.05) is 60.5 Å². The van der Waals surface area contributed by atoms with E-state index in [0.29, 0.717) is 27.1 Å². The summed E-state index contributed by atoms with van der Waals surface area (Å²) in [6.07, 6.45) is 20.0. The van der Waals surface area contributed by atoms with Crippen LogP contribution < -0.4 is 0 Å². The zero-order valence-corrected chi connectivity index (χ0v) is 21.6. The smallest absolute Gasteiger partial charge is 0.0235 e. The maximum atomic E-state index is 3.36. The summed E-state index contributed by atoms with van der Waals surface area (Å²) in [6, 6.07) is 0. The Morgan fingerprint density at radius 1 is 0.633 bits per heavy atom. The molecule has 5 rings (SSSR count). The molecule has 5 aliphatic rings. The normalized spacial score (nSPS) is 53.8. The Balaban J connectivity index is 0.000000687. The molecule has 0 aliphatic heterocycles. The van der Waals surface area contributed by atoms with E-state index < -0.39 is 0 Å². The second-order valence-electron chi connectivity index (χ2n) is 14.1. The highest BCUT2D eigenvalue weighted by Crippen LogP contribution is 2.76. The maximum absolute atomic E-state index is 3.36. The van der Waals surface area contributed by atoms with Gasteiger partial charge >= 0.3 is 0 Å². The van der Waals surface area contributed by atoms with Gasteiger partial charge in [0.05, 0.1) is 0 Å². The maximum Gasteiger partial charge on any atom is -0.0235 e. The van der Waals surface area contributed by atoms with Crippen LogP contribution in [-0.4, -0.2) is 0 Å². The van der Waals surface area contributed by atoms with E-state index in [0.717, 1.165) is 23.7 Å². The summed E-state index contributed by atoms with van der Waals surface area (Å²) in [5.41, 5.74) is 3.08. The summed E-state index contributed by atoms with van der Waals surface area (Å²) >= 11 is 0. The molecule has 0 saturated heterocycles. The van der Waals surface area contributed by atoms with Crippen LogP contribution in [0, 0.1) is 50.7 Å². The SMILES string of the molecule is C=CC.CC1(C)CCCC2(C)C1CCC1(C)C2CCC2C3CCCC3(C)CC[C@]21C. The first-order valence-electron chi connectivity index (χ1n) is 13.6. The quantitative estimate of drug-likeness (QED) is 0.347. The molecule has 0 nitrogen and oxygen atoms in total. The van der Waals surface area contributed by atoms with Gasteiger partial charge in [-0.25, -0.2) is 0 Å². The van der Waals surface area contributed by atoms with Gasteiger partial charge in [-0.05, 0) is 122 Å². The molecular formula is C30H52. The van der Waals surface area contributed by atoms with Crippen LogP contribution in [-0.2, 0) is 0 Å². The molecule has 0 spiro atoms. The fourth-order valence-electron chi connectivity index (χ4n) is 11.0. The summed E-state index contributed by atoms with van der Waals surface area (Å²) in [4.78, 5) is 0. The van der Waals surface area contributed by atoms with Crippen LogP contribution in [0.4, 0.5) is 0 Å². The van der Waals surface area contributed by atoms with E-state index in [1.54, 1.807) is 25.3 Å². The van der Waals surface area contributed by atoms with Crippen molar-refractivity contribution in [3.05, 3.63) is 12.7 Å². The molecule has 172 valence electrons. The lowest BCUT2D eigenvalue weighted by Gasteiger charge is -2.72.